The van der Waals surface area contributed by atoms with Crippen molar-refractivity contribution in [1.29, 1.82) is 0 Å². The van der Waals surface area contributed by atoms with E-state index in [1.807, 2.05) is 31.4 Å². The molecule has 5 nitrogen and oxygen atoms in total. The van der Waals surface area contributed by atoms with Crippen molar-refractivity contribution in [2.75, 3.05) is 7.11 Å². The van der Waals surface area contributed by atoms with Gasteiger partial charge < -0.3 is 9.47 Å². The first-order valence-corrected chi connectivity index (χ1v) is 8.05. The van der Waals surface area contributed by atoms with E-state index < -0.39 is 6.36 Å². The number of benzene rings is 1. The van der Waals surface area contributed by atoms with E-state index in [0.717, 1.165) is 11.3 Å². The van der Waals surface area contributed by atoms with Gasteiger partial charge in [0.1, 0.15) is 5.75 Å². The number of nitrogens with zero attached hydrogens (tertiary/aromatic N) is 3. The third-order valence-corrected chi connectivity index (χ3v) is 3.47. The average Bonchev–Trinajstić information content (AvgIpc) is 2.96. The lowest BCUT2D eigenvalue weighted by Crippen LogP contribution is -2.17. The van der Waals surface area contributed by atoms with Crippen molar-refractivity contribution in [2.45, 2.75) is 33.7 Å². The van der Waals surface area contributed by atoms with Crippen LogP contribution in [0.4, 0.5) is 13.2 Å². The quantitative estimate of drug-likeness (QED) is 0.666. The second-order valence-electron chi connectivity index (χ2n) is 5.21. The fourth-order valence-corrected chi connectivity index (χ4v) is 2.45. The Labute approximate surface area is 149 Å². The molecule has 2 aromatic heterocycles. The molecule has 0 fully saturated rings. The molecule has 0 saturated heterocycles. The molecule has 0 aliphatic rings. The first kappa shape index (κ1) is 19.7. The number of ether oxygens (including phenoxy) is 2. The van der Waals surface area contributed by atoms with Gasteiger partial charge in [0.15, 0.2) is 0 Å². The van der Waals surface area contributed by atoms with E-state index in [2.05, 4.69) is 14.7 Å². The third kappa shape index (κ3) is 4.51. The number of aryl methyl sites for hydroxylation is 1. The molecule has 0 bridgehead atoms. The average molecular weight is 367 g/mol. The molecular weight excluding hydrogens is 347 g/mol. The highest BCUT2D eigenvalue weighted by Gasteiger charge is 2.31. The minimum absolute atomic E-state index is 0.144. The summed E-state index contributed by atoms with van der Waals surface area (Å²) in [5.74, 6) is 0.271. The van der Waals surface area contributed by atoms with Gasteiger partial charge >= 0.3 is 6.36 Å². The number of imidazole rings is 1. The SMILES string of the molecule is CC.COCc1cc(OC(F)(F)F)ccc1-c1cnc2ncc(C)n2c1. The molecule has 0 spiro atoms. The highest BCUT2D eigenvalue weighted by molar-refractivity contribution is 5.67. The minimum atomic E-state index is -4.74. The number of rotatable bonds is 4. The lowest BCUT2D eigenvalue weighted by molar-refractivity contribution is -0.274. The zero-order valence-corrected chi connectivity index (χ0v) is 15.0. The maximum Gasteiger partial charge on any atom is 0.573 e. The van der Waals surface area contributed by atoms with Crippen LogP contribution in [0.1, 0.15) is 25.1 Å². The summed E-state index contributed by atoms with van der Waals surface area (Å²) in [6.07, 6.45) is 0.423. The van der Waals surface area contributed by atoms with Crippen LogP contribution >= 0.6 is 0 Å². The molecule has 0 amide bonds. The van der Waals surface area contributed by atoms with Gasteiger partial charge in [0.2, 0.25) is 5.78 Å². The predicted octanol–water partition coefficient (Wildman–Crippen LogP) is 4.78. The summed E-state index contributed by atoms with van der Waals surface area (Å²) in [7, 11) is 1.47. The molecule has 3 aromatic rings. The van der Waals surface area contributed by atoms with E-state index in [0.29, 0.717) is 16.9 Å². The Hall–Kier alpha value is -2.61. The Balaban J connectivity index is 0.00000117. The molecule has 0 atom stereocenters. The van der Waals surface area contributed by atoms with Gasteiger partial charge in [-0.1, -0.05) is 19.9 Å². The lowest BCUT2D eigenvalue weighted by Gasteiger charge is -2.14. The minimum Gasteiger partial charge on any atom is -0.406 e. The Morgan fingerprint density at radius 2 is 1.81 bits per heavy atom. The molecule has 140 valence electrons. The smallest absolute Gasteiger partial charge is 0.406 e. The van der Waals surface area contributed by atoms with Crippen molar-refractivity contribution >= 4 is 5.78 Å². The van der Waals surface area contributed by atoms with E-state index >= 15 is 0 Å². The van der Waals surface area contributed by atoms with Crippen LogP contribution in [0.25, 0.3) is 16.9 Å². The van der Waals surface area contributed by atoms with Crippen molar-refractivity contribution in [1.82, 2.24) is 14.4 Å². The molecule has 0 aliphatic carbocycles. The van der Waals surface area contributed by atoms with Crippen LogP contribution < -0.4 is 4.74 Å². The van der Waals surface area contributed by atoms with E-state index in [-0.39, 0.29) is 12.4 Å². The summed E-state index contributed by atoms with van der Waals surface area (Å²) < 4.78 is 48.1. The molecule has 0 saturated carbocycles. The molecule has 0 unspecified atom stereocenters. The number of aromatic nitrogens is 3. The second-order valence-corrected chi connectivity index (χ2v) is 5.21. The molecule has 0 radical (unpaired) electrons. The summed E-state index contributed by atoms with van der Waals surface area (Å²) in [4.78, 5) is 8.41. The van der Waals surface area contributed by atoms with E-state index in [9.17, 15) is 13.2 Å². The standard InChI is InChI=1S/C16H14F3N3O2.C2H6/c1-10-6-20-15-21-7-12(8-22(10)15)14-4-3-13(24-16(17,18)19)5-11(14)9-23-2;1-2/h3-8H,9H2,1-2H3;1-2H3. The summed E-state index contributed by atoms with van der Waals surface area (Å²) >= 11 is 0. The van der Waals surface area contributed by atoms with Crippen molar-refractivity contribution in [2.24, 2.45) is 0 Å². The summed E-state index contributed by atoms with van der Waals surface area (Å²) in [6, 6.07) is 4.15. The summed E-state index contributed by atoms with van der Waals surface area (Å²) in [5.41, 5.74) is 2.94. The maximum atomic E-state index is 12.4. The maximum absolute atomic E-state index is 12.4. The predicted molar refractivity (Wildman–Crippen MR) is 91.9 cm³/mol. The monoisotopic (exact) mass is 367 g/mol. The number of halogens is 3. The first-order valence-electron chi connectivity index (χ1n) is 8.05. The largest absolute Gasteiger partial charge is 0.573 e. The summed E-state index contributed by atoms with van der Waals surface area (Å²) in [6.45, 7) is 6.03. The fourth-order valence-electron chi connectivity index (χ4n) is 2.45. The van der Waals surface area contributed by atoms with Crippen LogP contribution in [0.2, 0.25) is 0 Å². The molecule has 26 heavy (non-hydrogen) atoms. The van der Waals surface area contributed by atoms with Crippen LogP contribution in [-0.2, 0) is 11.3 Å². The Kier molecular flexibility index (Phi) is 6.20. The molecule has 1 aromatic carbocycles. The van der Waals surface area contributed by atoms with Gasteiger partial charge in [-0.15, -0.1) is 13.2 Å². The van der Waals surface area contributed by atoms with Gasteiger partial charge in [-0.2, -0.15) is 0 Å². The number of hydrogen-bond donors (Lipinski definition) is 0. The van der Waals surface area contributed by atoms with Crippen LogP contribution in [0, 0.1) is 6.92 Å². The van der Waals surface area contributed by atoms with Gasteiger partial charge in [-0.3, -0.25) is 4.40 Å². The highest BCUT2D eigenvalue weighted by Crippen LogP contribution is 2.30. The Morgan fingerprint density at radius 1 is 1.12 bits per heavy atom. The third-order valence-electron chi connectivity index (χ3n) is 3.47. The zero-order valence-electron chi connectivity index (χ0n) is 15.0. The van der Waals surface area contributed by atoms with Crippen molar-refractivity contribution < 1.29 is 22.6 Å². The molecule has 3 rings (SSSR count). The molecule has 0 N–H and O–H groups in total. The number of methoxy groups -OCH3 is 1. The van der Waals surface area contributed by atoms with Gasteiger partial charge in [0.05, 0.1) is 12.8 Å². The zero-order chi connectivity index (χ0) is 19.3. The van der Waals surface area contributed by atoms with Gasteiger partial charge in [0.25, 0.3) is 0 Å². The van der Waals surface area contributed by atoms with Crippen molar-refractivity contribution in [3.63, 3.8) is 0 Å². The highest BCUT2D eigenvalue weighted by atomic mass is 19.4. The van der Waals surface area contributed by atoms with E-state index in [1.165, 1.54) is 19.2 Å². The lowest BCUT2D eigenvalue weighted by atomic mass is 10.0. The normalized spacial score (nSPS) is 11.2. The van der Waals surface area contributed by atoms with Crippen molar-refractivity contribution in [3.05, 3.63) is 48.0 Å². The second kappa shape index (κ2) is 8.18. The number of fused-ring (bicyclic) bond motifs is 1. The van der Waals surface area contributed by atoms with E-state index in [4.69, 9.17) is 4.74 Å². The number of hydrogen-bond acceptors (Lipinski definition) is 4. The van der Waals surface area contributed by atoms with Crippen LogP contribution in [-0.4, -0.2) is 27.8 Å². The molecule has 0 aliphatic heterocycles. The molecule has 8 heteroatoms. The van der Waals surface area contributed by atoms with Crippen LogP contribution in [0.15, 0.2) is 36.8 Å². The van der Waals surface area contributed by atoms with Crippen LogP contribution in [0.3, 0.4) is 0 Å². The summed E-state index contributed by atoms with van der Waals surface area (Å²) in [5, 5.41) is 0. The molecular formula is C18H20F3N3O2. The van der Waals surface area contributed by atoms with Gasteiger partial charge in [-0.05, 0) is 30.2 Å². The Morgan fingerprint density at radius 3 is 2.46 bits per heavy atom. The van der Waals surface area contributed by atoms with Gasteiger partial charge in [-0.25, -0.2) is 9.97 Å². The van der Waals surface area contributed by atoms with E-state index in [1.54, 1.807) is 18.5 Å². The fraction of sp³-hybridized carbons (Fsp3) is 0.333. The molecule has 2 heterocycles. The van der Waals surface area contributed by atoms with Crippen molar-refractivity contribution in [3.8, 4) is 16.9 Å². The van der Waals surface area contributed by atoms with Crippen LogP contribution in [0.5, 0.6) is 5.75 Å². The first-order chi connectivity index (χ1) is 12.4. The van der Waals surface area contributed by atoms with Gasteiger partial charge in [0, 0.05) is 30.8 Å². The number of alkyl halides is 3. The Bertz CT molecular complexity index is 876. The topological polar surface area (TPSA) is 48.7 Å².